The van der Waals surface area contributed by atoms with Crippen molar-refractivity contribution >= 4 is 23.6 Å². The van der Waals surface area contributed by atoms with Gasteiger partial charge in [-0.15, -0.1) is 0 Å². The number of hydrogen-bond acceptors (Lipinski definition) is 4. The smallest absolute Gasteiger partial charge is 0.239 e. The lowest BCUT2D eigenvalue weighted by molar-refractivity contribution is -0.134. The quantitative estimate of drug-likeness (QED) is 0.801. The second kappa shape index (κ2) is 8.43. The molecule has 2 N–H and O–H groups in total. The number of rotatable bonds is 5. The minimum atomic E-state index is -0.402. The minimum absolute atomic E-state index is 0.0276. The maximum Gasteiger partial charge on any atom is 0.239 e. The van der Waals surface area contributed by atoms with Crippen LogP contribution < -0.4 is 5.73 Å². The van der Waals surface area contributed by atoms with Gasteiger partial charge in [-0.1, -0.05) is 6.92 Å². The van der Waals surface area contributed by atoms with Crippen molar-refractivity contribution < 1.29 is 9.59 Å². The third-order valence-corrected chi connectivity index (χ3v) is 4.06. The number of nitrogens with two attached hydrogens (primary N) is 1. The predicted octanol–water partition coefficient (Wildman–Crippen LogP) is 0.538. The van der Waals surface area contributed by atoms with Gasteiger partial charge < -0.3 is 15.5 Å². The molecule has 1 saturated heterocycles. The lowest BCUT2D eigenvalue weighted by Crippen LogP contribution is -2.45. The summed E-state index contributed by atoms with van der Waals surface area (Å²) in [6, 6.07) is -0.402. The Bertz CT molecular complexity index is 312. The van der Waals surface area contributed by atoms with Crippen LogP contribution in [0.1, 0.15) is 26.2 Å². The molecule has 5 nitrogen and oxygen atoms in total. The van der Waals surface area contributed by atoms with Crippen molar-refractivity contribution in [1.29, 1.82) is 0 Å². The van der Waals surface area contributed by atoms with E-state index in [-0.39, 0.29) is 11.8 Å². The fraction of sp³-hybridized carbons (Fsp3) is 0.846. The van der Waals surface area contributed by atoms with Gasteiger partial charge in [0.25, 0.3) is 0 Å². The summed E-state index contributed by atoms with van der Waals surface area (Å²) in [5.74, 6) is 1.10. The van der Waals surface area contributed by atoms with E-state index >= 15 is 0 Å². The van der Waals surface area contributed by atoms with Crippen molar-refractivity contribution in [2.45, 2.75) is 32.2 Å². The molecule has 1 aliphatic heterocycles. The summed E-state index contributed by atoms with van der Waals surface area (Å²) in [5, 5.41) is 0. The van der Waals surface area contributed by atoms with E-state index in [2.05, 4.69) is 0 Å². The SMILES string of the molecule is CCC(=O)N1CCCN(C(=O)[C@@H](N)CCSC)CC1. The molecular formula is C13H25N3O2S. The Hall–Kier alpha value is -0.750. The summed E-state index contributed by atoms with van der Waals surface area (Å²) in [6.45, 7) is 4.56. The van der Waals surface area contributed by atoms with Crippen LogP contribution in [0.2, 0.25) is 0 Å². The maximum absolute atomic E-state index is 12.2. The van der Waals surface area contributed by atoms with E-state index in [0.717, 1.165) is 18.7 Å². The summed E-state index contributed by atoms with van der Waals surface area (Å²) < 4.78 is 0. The molecule has 0 aromatic heterocycles. The van der Waals surface area contributed by atoms with E-state index in [0.29, 0.717) is 32.5 Å². The second-order valence-corrected chi connectivity index (χ2v) is 5.79. The van der Waals surface area contributed by atoms with Crippen molar-refractivity contribution in [3.05, 3.63) is 0 Å². The van der Waals surface area contributed by atoms with E-state index in [9.17, 15) is 9.59 Å². The number of nitrogens with zero attached hydrogens (tertiary/aromatic N) is 2. The Balaban J connectivity index is 2.47. The Labute approximate surface area is 119 Å². The molecule has 6 heteroatoms. The molecule has 0 aromatic rings. The Morgan fingerprint density at radius 3 is 2.47 bits per heavy atom. The van der Waals surface area contributed by atoms with Crippen LogP contribution in [0.15, 0.2) is 0 Å². The van der Waals surface area contributed by atoms with Gasteiger partial charge in [-0.3, -0.25) is 9.59 Å². The molecule has 1 heterocycles. The van der Waals surface area contributed by atoms with Crippen LogP contribution >= 0.6 is 11.8 Å². The molecule has 0 unspecified atom stereocenters. The van der Waals surface area contributed by atoms with Gasteiger partial charge in [0, 0.05) is 32.6 Å². The molecule has 1 rings (SSSR count). The topological polar surface area (TPSA) is 66.6 Å². The maximum atomic E-state index is 12.2. The van der Waals surface area contributed by atoms with Gasteiger partial charge in [0.05, 0.1) is 6.04 Å². The first-order valence-electron chi connectivity index (χ1n) is 6.91. The van der Waals surface area contributed by atoms with Gasteiger partial charge in [0.2, 0.25) is 11.8 Å². The van der Waals surface area contributed by atoms with Crippen LogP contribution in [-0.2, 0) is 9.59 Å². The number of carbonyl (C=O) groups is 2. The highest BCUT2D eigenvalue weighted by Gasteiger charge is 2.24. The minimum Gasteiger partial charge on any atom is -0.341 e. The molecule has 0 aromatic carbocycles. The average molecular weight is 287 g/mol. The molecule has 1 fully saturated rings. The zero-order chi connectivity index (χ0) is 14.3. The molecule has 0 spiro atoms. The van der Waals surface area contributed by atoms with Gasteiger partial charge in [-0.2, -0.15) is 11.8 Å². The van der Waals surface area contributed by atoms with Gasteiger partial charge in [-0.05, 0) is 24.9 Å². The molecule has 1 atom stereocenters. The van der Waals surface area contributed by atoms with Crippen LogP contribution in [0.5, 0.6) is 0 Å². The molecule has 110 valence electrons. The summed E-state index contributed by atoms with van der Waals surface area (Å²) >= 11 is 1.70. The first kappa shape index (κ1) is 16.3. The van der Waals surface area contributed by atoms with Crippen LogP contribution in [0.25, 0.3) is 0 Å². The first-order valence-corrected chi connectivity index (χ1v) is 8.30. The normalized spacial score (nSPS) is 18.1. The van der Waals surface area contributed by atoms with Crippen molar-refractivity contribution in [2.75, 3.05) is 38.2 Å². The molecular weight excluding hydrogens is 262 g/mol. The fourth-order valence-corrected chi connectivity index (χ4v) is 2.70. The Morgan fingerprint density at radius 1 is 1.21 bits per heavy atom. The summed E-state index contributed by atoms with van der Waals surface area (Å²) in [7, 11) is 0. The van der Waals surface area contributed by atoms with Gasteiger partial charge >= 0.3 is 0 Å². The molecule has 0 aliphatic carbocycles. The van der Waals surface area contributed by atoms with E-state index in [1.165, 1.54) is 0 Å². The van der Waals surface area contributed by atoms with E-state index < -0.39 is 6.04 Å². The van der Waals surface area contributed by atoms with Crippen LogP contribution in [0.3, 0.4) is 0 Å². The van der Waals surface area contributed by atoms with E-state index in [4.69, 9.17) is 5.73 Å². The number of carbonyl (C=O) groups excluding carboxylic acids is 2. The lowest BCUT2D eigenvalue weighted by atomic mass is 10.2. The average Bonchev–Trinajstić information content (AvgIpc) is 2.68. The number of amides is 2. The number of thioether (sulfide) groups is 1. The van der Waals surface area contributed by atoms with E-state index in [1.807, 2.05) is 23.0 Å². The third-order valence-electron chi connectivity index (χ3n) is 3.41. The van der Waals surface area contributed by atoms with Crippen molar-refractivity contribution in [3.63, 3.8) is 0 Å². The first-order chi connectivity index (χ1) is 9.10. The zero-order valence-corrected chi connectivity index (χ0v) is 12.7. The molecule has 19 heavy (non-hydrogen) atoms. The highest BCUT2D eigenvalue weighted by atomic mass is 32.2. The molecule has 0 saturated carbocycles. The standard InChI is InChI=1S/C13H25N3O2S/c1-3-12(17)15-6-4-7-16(9-8-15)13(18)11(14)5-10-19-2/h11H,3-10,14H2,1-2H3/t11-/m0/s1. The molecule has 0 bridgehead atoms. The lowest BCUT2D eigenvalue weighted by Gasteiger charge is -2.24. The van der Waals surface area contributed by atoms with Gasteiger partial charge in [-0.25, -0.2) is 0 Å². The Kier molecular flexibility index (Phi) is 7.23. The van der Waals surface area contributed by atoms with E-state index in [1.54, 1.807) is 11.8 Å². The number of hydrogen-bond donors (Lipinski definition) is 1. The summed E-state index contributed by atoms with van der Waals surface area (Å²) in [6.07, 6.45) is 4.10. The third kappa shape index (κ3) is 5.03. The predicted molar refractivity (Wildman–Crippen MR) is 79.0 cm³/mol. The highest BCUT2D eigenvalue weighted by molar-refractivity contribution is 7.98. The monoisotopic (exact) mass is 287 g/mol. The van der Waals surface area contributed by atoms with Crippen molar-refractivity contribution in [2.24, 2.45) is 5.73 Å². The van der Waals surface area contributed by atoms with Crippen molar-refractivity contribution in [3.8, 4) is 0 Å². The molecule has 1 aliphatic rings. The molecule has 0 radical (unpaired) electrons. The van der Waals surface area contributed by atoms with Gasteiger partial charge in [0.15, 0.2) is 0 Å². The summed E-state index contributed by atoms with van der Waals surface area (Å²) in [5.41, 5.74) is 5.92. The fourth-order valence-electron chi connectivity index (χ4n) is 2.21. The molecule has 2 amide bonds. The highest BCUT2D eigenvalue weighted by Crippen LogP contribution is 2.08. The second-order valence-electron chi connectivity index (χ2n) is 4.80. The van der Waals surface area contributed by atoms with Crippen LogP contribution in [-0.4, -0.2) is 65.8 Å². The van der Waals surface area contributed by atoms with Gasteiger partial charge in [0.1, 0.15) is 0 Å². The van der Waals surface area contributed by atoms with Crippen LogP contribution in [0, 0.1) is 0 Å². The zero-order valence-electron chi connectivity index (χ0n) is 11.9. The van der Waals surface area contributed by atoms with Crippen LogP contribution in [0.4, 0.5) is 0 Å². The summed E-state index contributed by atoms with van der Waals surface area (Å²) in [4.78, 5) is 27.5. The Morgan fingerprint density at radius 2 is 1.84 bits per heavy atom. The van der Waals surface area contributed by atoms with Crippen molar-refractivity contribution in [1.82, 2.24) is 9.80 Å². The largest absolute Gasteiger partial charge is 0.341 e.